The molecular weight excluding hydrogens is 259 g/mol. The Labute approximate surface area is 106 Å². The molecule has 0 aliphatic heterocycles. The number of nitrogens with one attached hydrogen (secondary N) is 2. The molecule has 0 atom stereocenters. The fraction of sp³-hybridized carbons (Fsp3) is 0.0909. The number of nitrogens with zero attached hydrogens (tertiary/aromatic N) is 2. The minimum Gasteiger partial charge on any atom is -0.340 e. The Hall–Kier alpha value is -2.35. The molecule has 2 aromatic rings. The van der Waals surface area contributed by atoms with Gasteiger partial charge < -0.3 is 10.7 Å². The van der Waals surface area contributed by atoms with Crippen LogP contribution in [0, 0.1) is 0 Å². The molecule has 1 heterocycles. The molecule has 5 nitrogen and oxygen atoms in total. The normalized spacial score (nSPS) is 11.2. The van der Waals surface area contributed by atoms with Crippen molar-refractivity contribution in [2.24, 2.45) is 5.84 Å². The Kier molecular flexibility index (Phi) is 3.52. The van der Waals surface area contributed by atoms with Gasteiger partial charge in [-0.1, -0.05) is 12.1 Å². The van der Waals surface area contributed by atoms with Gasteiger partial charge in [0.15, 0.2) is 0 Å². The number of nitrogens with two attached hydrogens (primary N) is 1. The lowest BCUT2D eigenvalue weighted by Crippen LogP contribution is -2.11. The lowest BCUT2D eigenvalue weighted by Gasteiger charge is -2.13. The smallest absolute Gasteiger partial charge is 0.340 e. The van der Waals surface area contributed by atoms with Gasteiger partial charge in [0.2, 0.25) is 0 Å². The molecule has 4 N–H and O–H groups in total. The number of alkyl halides is 3. The van der Waals surface area contributed by atoms with Crippen LogP contribution in [0.2, 0.25) is 0 Å². The molecule has 0 spiro atoms. The summed E-state index contributed by atoms with van der Waals surface area (Å²) in [4.78, 5) is 7.58. The van der Waals surface area contributed by atoms with Gasteiger partial charge in [-0.3, -0.25) is 0 Å². The molecule has 0 saturated heterocycles. The van der Waals surface area contributed by atoms with Gasteiger partial charge in [-0.05, 0) is 12.1 Å². The summed E-state index contributed by atoms with van der Waals surface area (Å²) in [5.74, 6) is 5.66. The Balaban J connectivity index is 2.33. The molecule has 100 valence electrons. The quantitative estimate of drug-likeness (QED) is 0.589. The summed E-state index contributed by atoms with van der Waals surface area (Å²) in [6, 6.07) is 6.53. The van der Waals surface area contributed by atoms with Crippen molar-refractivity contribution < 1.29 is 13.2 Å². The second kappa shape index (κ2) is 5.11. The van der Waals surface area contributed by atoms with E-state index in [9.17, 15) is 13.2 Å². The number of nitrogen functional groups attached to an aromatic ring is 1. The van der Waals surface area contributed by atoms with E-state index < -0.39 is 11.7 Å². The van der Waals surface area contributed by atoms with Crippen molar-refractivity contribution in [2.75, 3.05) is 10.7 Å². The molecule has 0 unspecified atom stereocenters. The molecule has 8 heteroatoms. The van der Waals surface area contributed by atoms with E-state index in [0.29, 0.717) is 5.82 Å². The maximum absolute atomic E-state index is 12.8. The Bertz CT molecular complexity index is 570. The molecule has 19 heavy (non-hydrogen) atoms. The highest BCUT2D eigenvalue weighted by molar-refractivity contribution is 5.62. The molecule has 1 aromatic heterocycles. The van der Waals surface area contributed by atoms with Gasteiger partial charge >= 0.3 is 6.18 Å². The van der Waals surface area contributed by atoms with Crippen molar-refractivity contribution in [1.82, 2.24) is 9.97 Å². The van der Waals surface area contributed by atoms with Gasteiger partial charge in [0.25, 0.3) is 0 Å². The highest BCUT2D eigenvalue weighted by Gasteiger charge is 2.33. The lowest BCUT2D eigenvalue weighted by molar-refractivity contribution is -0.136. The van der Waals surface area contributed by atoms with Gasteiger partial charge in [0.05, 0.1) is 11.3 Å². The van der Waals surface area contributed by atoms with E-state index in [1.54, 1.807) is 0 Å². The van der Waals surface area contributed by atoms with Gasteiger partial charge in [-0.15, -0.1) is 0 Å². The van der Waals surface area contributed by atoms with Crippen LogP contribution in [0.5, 0.6) is 0 Å². The molecule has 0 bridgehead atoms. The number of hydrogen-bond acceptors (Lipinski definition) is 5. The second-order valence-electron chi connectivity index (χ2n) is 3.60. The third kappa shape index (κ3) is 3.10. The first-order valence-electron chi connectivity index (χ1n) is 5.22. The topological polar surface area (TPSA) is 75.9 Å². The number of anilines is 3. The molecule has 0 aliphatic rings. The van der Waals surface area contributed by atoms with Crippen molar-refractivity contribution in [3.8, 4) is 0 Å². The predicted octanol–water partition coefficient (Wildman–Crippen LogP) is 2.52. The average Bonchev–Trinajstić information content (AvgIpc) is 2.38. The van der Waals surface area contributed by atoms with E-state index in [1.165, 1.54) is 30.6 Å². The molecule has 1 aromatic carbocycles. The number of aromatic nitrogens is 2. The molecule has 0 amide bonds. The number of halogens is 3. The van der Waals surface area contributed by atoms with E-state index in [1.807, 2.05) is 0 Å². The zero-order chi connectivity index (χ0) is 13.9. The number of benzene rings is 1. The van der Waals surface area contributed by atoms with Crippen molar-refractivity contribution in [1.29, 1.82) is 0 Å². The largest absolute Gasteiger partial charge is 0.418 e. The van der Waals surface area contributed by atoms with Crippen LogP contribution in [0.25, 0.3) is 0 Å². The summed E-state index contributed by atoms with van der Waals surface area (Å²) < 4.78 is 38.4. The Morgan fingerprint density at radius 3 is 2.42 bits per heavy atom. The van der Waals surface area contributed by atoms with Crippen molar-refractivity contribution >= 4 is 17.3 Å². The third-order valence-electron chi connectivity index (χ3n) is 2.31. The first kappa shape index (κ1) is 13.1. The summed E-state index contributed by atoms with van der Waals surface area (Å²) in [6.45, 7) is 0. The maximum atomic E-state index is 12.8. The highest BCUT2D eigenvalue weighted by Crippen LogP contribution is 2.35. The molecule has 0 aliphatic carbocycles. The fourth-order valence-electron chi connectivity index (χ4n) is 1.48. The number of para-hydroxylation sites is 1. The van der Waals surface area contributed by atoms with Crippen LogP contribution in [0.4, 0.5) is 30.5 Å². The minimum absolute atomic E-state index is 0.0864. The van der Waals surface area contributed by atoms with Crippen molar-refractivity contribution in [2.45, 2.75) is 6.18 Å². The minimum atomic E-state index is -4.44. The summed E-state index contributed by atoms with van der Waals surface area (Å²) >= 11 is 0. The zero-order valence-corrected chi connectivity index (χ0v) is 9.57. The van der Waals surface area contributed by atoms with Crippen LogP contribution < -0.4 is 16.6 Å². The molecule has 2 rings (SSSR count). The van der Waals surface area contributed by atoms with E-state index in [4.69, 9.17) is 5.84 Å². The van der Waals surface area contributed by atoms with Crippen LogP contribution in [0.3, 0.4) is 0 Å². The van der Waals surface area contributed by atoms with Crippen LogP contribution in [-0.4, -0.2) is 9.97 Å². The maximum Gasteiger partial charge on any atom is 0.418 e. The van der Waals surface area contributed by atoms with Crippen LogP contribution >= 0.6 is 0 Å². The van der Waals surface area contributed by atoms with E-state index >= 15 is 0 Å². The zero-order valence-electron chi connectivity index (χ0n) is 9.57. The van der Waals surface area contributed by atoms with E-state index in [-0.39, 0.29) is 11.5 Å². The van der Waals surface area contributed by atoms with Gasteiger partial charge in [-0.25, -0.2) is 15.8 Å². The Morgan fingerprint density at radius 1 is 1.05 bits per heavy atom. The first-order chi connectivity index (χ1) is 9.00. The summed E-state index contributed by atoms with van der Waals surface area (Å²) in [5, 5.41) is 2.59. The third-order valence-corrected chi connectivity index (χ3v) is 2.31. The standard InChI is InChI=1S/C11H10F3N5/c12-11(13,14)7-3-1-2-4-8(7)18-9-5-10(19-15)17-6-16-9/h1-6H,15H2,(H2,16,17,18,19). The SMILES string of the molecule is NNc1cc(Nc2ccccc2C(F)(F)F)ncn1. The number of hydrazine groups is 1. The van der Waals surface area contributed by atoms with Crippen molar-refractivity contribution in [3.05, 3.63) is 42.2 Å². The number of rotatable bonds is 3. The summed E-state index contributed by atoms with van der Waals surface area (Å²) in [5.41, 5.74) is 1.43. The van der Waals surface area contributed by atoms with E-state index in [2.05, 4.69) is 20.7 Å². The first-order valence-corrected chi connectivity index (χ1v) is 5.22. The fourth-order valence-corrected chi connectivity index (χ4v) is 1.48. The van der Waals surface area contributed by atoms with Crippen LogP contribution in [0.15, 0.2) is 36.7 Å². The second-order valence-corrected chi connectivity index (χ2v) is 3.60. The van der Waals surface area contributed by atoms with Gasteiger partial charge in [0.1, 0.15) is 18.0 Å². The Morgan fingerprint density at radius 2 is 1.74 bits per heavy atom. The molecule has 0 radical (unpaired) electrons. The highest BCUT2D eigenvalue weighted by atomic mass is 19.4. The van der Waals surface area contributed by atoms with E-state index in [0.717, 1.165) is 6.07 Å². The molecule has 0 fully saturated rings. The van der Waals surface area contributed by atoms with Crippen LogP contribution in [0.1, 0.15) is 5.56 Å². The molecular formula is C11H10F3N5. The molecule has 0 saturated carbocycles. The van der Waals surface area contributed by atoms with Crippen LogP contribution in [-0.2, 0) is 6.18 Å². The monoisotopic (exact) mass is 269 g/mol. The summed E-state index contributed by atoms with van der Waals surface area (Å²) in [6.07, 6.45) is -3.25. The summed E-state index contributed by atoms with van der Waals surface area (Å²) in [7, 11) is 0. The average molecular weight is 269 g/mol. The predicted molar refractivity (Wildman–Crippen MR) is 64.6 cm³/mol. The number of hydrogen-bond donors (Lipinski definition) is 3. The lowest BCUT2D eigenvalue weighted by atomic mass is 10.1. The van der Waals surface area contributed by atoms with Gasteiger partial charge in [0, 0.05) is 6.07 Å². The van der Waals surface area contributed by atoms with Crippen molar-refractivity contribution in [3.63, 3.8) is 0 Å². The van der Waals surface area contributed by atoms with Gasteiger partial charge in [-0.2, -0.15) is 13.2 Å².